The molecule has 9 aliphatic carbocycles. The lowest BCUT2D eigenvalue weighted by Gasteiger charge is -2.55. The molecule has 14 saturated heterocycles. The zero-order valence-corrected chi connectivity index (χ0v) is 95.2. The summed E-state index contributed by atoms with van der Waals surface area (Å²) >= 11 is 13.3. The second-order valence-corrected chi connectivity index (χ2v) is 71.0. The van der Waals surface area contributed by atoms with Gasteiger partial charge in [0.1, 0.15) is 50.3 Å². The quantitative estimate of drug-likeness (QED) is 0.0566. The van der Waals surface area contributed by atoms with Crippen LogP contribution in [0.2, 0.25) is 0 Å². The predicted octanol–water partition coefficient (Wildman–Crippen LogP) is 27.4. The second kappa shape index (κ2) is 37.2. The maximum absolute atomic E-state index is 13.7. The highest BCUT2D eigenvalue weighted by Crippen LogP contribution is 2.68. The van der Waals surface area contributed by atoms with Crippen molar-refractivity contribution in [1.29, 1.82) is 0 Å². The first-order chi connectivity index (χ1) is 68.4. The molecule has 24 aliphatic rings. The third-order valence-corrected chi connectivity index (χ3v) is 59.2. The summed E-state index contributed by atoms with van der Waals surface area (Å²) in [6, 6.07) is 64.6. The third-order valence-electron chi connectivity index (χ3n) is 39.1. The Morgan fingerprint density at radius 3 is 1.09 bits per heavy atom. The molecule has 0 aromatic heterocycles. The summed E-state index contributed by atoms with van der Waals surface area (Å²) in [5.41, 5.74) is 12.4. The van der Waals surface area contributed by atoms with Crippen molar-refractivity contribution in [2.45, 2.75) is 432 Å². The number of hydrogen-bond donors (Lipinski definition) is 0. The predicted molar refractivity (Wildman–Crippen MR) is 594 cm³/mol. The summed E-state index contributed by atoms with van der Waals surface area (Å²) in [7, 11) is 1.15. The highest BCUT2D eigenvalue weighted by molar-refractivity contribution is 8.02. The Balaban J connectivity index is 0.0000000945. The van der Waals surface area contributed by atoms with Crippen molar-refractivity contribution >= 4 is 112 Å². The van der Waals surface area contributed by atoms with Gasteiger partial charge in [-0.2, -0.15) is 0 Å². The molecule has 0 N–H and O–H groups in total. The standard InChI is InChI=1S/C28H35O4S.C28H37O3S.C20H23S.C17H21O2S.C17H23OS.C16H21Cl2S/c1-27(2,3)18-4-6-19(7-5-18)33-21-11-20-24(33)23(31-25(20)29)22(21)32-26(30)28-12-15-8-16(13-28)10-17(9-15)14-28;1-27(2,3)20-4-6-21(7-5-20)32-22-11-19-15-30-24(25(19)32)23(22)31-26(29)28-12-16-8-17(13-28)10-18(9-16)14-28;1-20(2,3)14-8-10-15(11-9-14)21-18-12-13-19(21)17-7-5-4-6-16(17)18;1-17(2,3)10-4-6-11(7-5-10)20-12-8-13-15(20)14(9-12)19-16(13)18;1-17(2,3)12-4-6-13(7-5-12)19-14-8-11-10-18-15(9-14)16(11)19;1-15(2,3)11-4-7-13(8-5-11)19-14-9-6-12(10-14)16(19,17)18/h4-7,15-17,20-24H,8-14H2,1-3H3;4-7,16-19,22-25H,8-15H2,1-3H3;4-11,18-19H,12-13H2,1-3H3;4-7,12-15H,8-9H2,1-3H3;4-7,11,14-16H,8-10H2,1-3H3;4-5,7-8,12,14H,6,9-10H2,1-3H3/q6*+1. The van der Waals surface area contributed by atoms with E-state index in [-0.39, 0.29) is 164 Å². The van der Waals surface area contributed by atoms with E-state index in [2.05, 4.69) is 294 Å². The molecule has 0 spiro atoms. The zero-order valence-electron chi connectivity index (χ0n) is 88.8. The number of carbonyl (C=O) groups is 4. The van der Waals surface area contributed by atoms with E-state index in [0.717, 1.165) is 116 Å². The average molecular weight is 2100 g/mol. The van der Waals surface area contributed by atoms with Gasteiger partial charge in [0.05, 0.1) is 34.9 Å². The first-order valence-corrected chi connectivity index (χ1v) is 64.7. The largest absolute Gasteiger partial charge is 0.456 e. The van der Waals surface area contributed by atoms with Crippen molar-refractivity contribution < 1.29 is 47.6 Å². The number of esters is 4. The van der Waals surface area contributed by atoms with Crippen LogP contribution in [0.5, 0.6) is 0 Å². The van der Waals surface area contributed by atoms with Gasteiger partial charge >= 0.3 is 23.9 Å². The van der Waals surface area contributed by atoms with Crippen molar-refractivity contribution in [2.24, 2.45) is 75.9 Å². The van der Waals surface area contributed by atoms with Crippen LogP contribution in [0.3, 0.4) is 0 Å². The lowest BCUT2D eigenvalue weighted by Crippen LogP contribution is -2.52. The molecule has 9 saturated carbocycles. The number of carbonyl (C=O) groups excluding carboxylic acids is 4. The summed E-state index contributed by atoms with van der Waals surface area (Å²) in [5, 5.41) is 6.61. The van der Waals surface area contributed by atoms with Crippen LogP contribution in [0.1, 0.15) is 327 Å². The van der Waals surface area contributed by atoms with Crippen LogP contribution in [-0.4, -0.2) is 125 Å². The Morgan fingerprint density at radius 2 is 0.681 bits per heavy atom. The Kier molecular flexibility index (Phi) is 26.0. The monoisotopic (exact) mass is 2090 g/mol. The smallest absolute Gasteiger partial charge is 0.315 e. The van der Waals surface area contributed by atoms with E-state index in [0.29, 0.717) is 83.7 Å². The van der Waals surface area contributed by atoms with E-state index in [1.165, 1.54) is 143 Å². The highest BCUT2D eigenvalue weighted by atomic mass is 35.5. The van der Waals surface area contributed by atoms with Gasteiger partial charge < -0.3 is 28.4 Å². The minimum atomic E-state index is -0.522. The second-order valence-electron chi connectivity index (χ2n) is 54.7. The Bertz CT molecular complexity index is 5860. The fourth-order valence-corrected chi connectivity index (χ4v) is 54.8. The summed E-state index contributed by atoms with van der Waals surface area (Å²) < 4.78 is 36.2. The van der Waals surface area contributed by atoms with Gasteiger partial charge in [-0.1, -0.05) is 222 Å². The lowest BCUT2D eigenvalue weighted by atomic mass is 9.49. The van der Waals surface area contributed by atoms with Crippen LogP contribution >= 0.6 is 23.2 Å². The fourth-order valence-electron chi connectivity index (χ4n) is 32.8. The van der Waals surface area contributed by atoms with Crippen molar-refractivity contribution in [3.05, 3.63) is 214 Å². The van der Waals surface area contributed by atoms with Gasteiger partial charge in [0.15, 0.2) is 85.3 Å². The molecule has 7 aromatic rings. The molecule has 15 heterocycles. The molecule has 0 radical (unpaired) electrons. The number of ether oxygens (including phenoxy) is 6. The van der Waals surface area contributed by atoms with Gasteiger partial charge in [0, 0.05) is 141 Å². The first kappa shape index (κ1) is 101. The fraction of sp³-hybridized carbons (Fsp3) is 0.635. The van der Waals surface area contributed by atoms with E-state index >= 15 is 0 Å². The maximum atomic E-state index is 13.7. The molecule has 7 aromatic carbocycles. The maximum Gasteiger partial charge on any atom is 0.315 e. The molecule has 27 unspecified atom stereocenters. The van der Waals surface area contributed by atoms with Gasteiger partial charge in [-0.15, -0.1) is 0 Å². The summed E-state index contributed by atoms with van der Waals surface area (Å²) in [4.78, 5) is 60.7. The summed E-state index contributed by atoms with van der Waals surface area (Å²) in [6.45, 7) is 42.6. The van der Waals surface area contributed by atoms with Crippen molar-refractivity contribution in [3.63, 3.8) is 0 Å². The molecule has 18 heteroatoms. The molecule has 768 valence electrons. The summed E-state index contributed by atoms with van der Waals surface area (Å²) in [5.74, 6) is 6.88. The van der Waals surface area contributed by atoms with E-state index in [1.807, 2.05) is 0 Å². The molecule has 23 fully saturated rings. The van der Waals surface area contributed by atoms with Crippen LogP contribution in [0, 0.1) is 75.9 Å². The molecule has 0 amide bonds. The van der Waals surface area contributed by atoms with Crippen LogP contribution in [0.15, 0.2) is 199 Å². The highest BCUT2D eigenvalue weighted by Gasteiger charge is 2.79. The number of benzene rings is 7. The molecule has 31 rings (SSSR count). The molecule has 20 bridgehead atoms. The molecule has 15 aliphatic heterocycles. The molecule has 144 heavy (non-hydrogen) atoms. The van der Waals surface area contributed by atoms with Gasteiger partial charge in [-0.3, -0.25) is 19.2 Å². The van der Waals surface area contributed by atoms with Gasteiger partial charge in [-0.05, 0) is 287 Å². The van der Waals surface area contributed by atoms with E-state index in [4.69, 9.17) is 51.6 Å². The van der Waals surface area contributed by atoms with Crippen LogP contribution in [0.25, 0.3) is 0 Å². The van der Waals surface area contributed by atoms with Gasteiger partial charge in [0.25, 0.3) is 3.67 Å². The number of alkyl halides is 2. The molecule has 27 atom stereocenters. The third kappa shape index (κ3) is 17.9. The van der Waals surface area contributed by atoms with Crippen LogP contribution in [0.4, 0.5) is 0 Å². The minimum Gasteiger partial charge on any atom is -0.456 e. The Labute approximate surface area is 888 Å². The first-order valence-electron chi connectivity index (χ1n) is 55.9. The van der Waals surface area contributed by atoms with E-state index in [9.17, 15) is 19.2 Å². The SMILES string of the molecule is CC(C)(C)c1ccc([S+]2C3CC4C(=O)OC(C3OC(=O)C35CC6CC(CC(C6)C3)C5)C42)cc1.CC(C)(C)c1ccc([S+]2C3CC4COC(C3)C42)cc1.CC(C)(C)c1ccc([S+]2C3CC4COC(C3OC(=O)C35CC6CC(CC(C6)C3)C5)C42)cc1.CC(C)(C)c1ccc([S+]2C3CC4OC(=O)C(C3)C42)cc1.CC(C)(C)c1ccc([S+]2C3CCC(C3)C2(Cl)Cl)cc1.CC(C)(C)c1ccc([S+]2C3CCC2c2ccccc23)cc1. The van der Waals surface area contributed by atoms with Crippen LogP contribution in [-0.2, 0) is 145 Å². The molecule has 10 nitrogen and oxygen atoms in total. The van der Waals surface area contributed by atoms with Crippen LogP contribution < -0.4 is 0 Å². The number of fused-ring (bicyclic) bond motifs is 11. The lowest BCUT2D eigenvalue weighted by molar-refractivity contribution is -0.183. The van der Waals surface area contributed by atoms with Crippen molar-refractivity contribution in [3.8, 4) is 0 Å². The normalized spacial score (nSPS) is 40.2. The summed E-state index contributed by atoms with van der Waals surface area (Å²) in [6.07, 6.45) is 28.1. The molecular formula is C126H160Cl2O10S6+6. The number of rotatable bonds is 10. The Morgan fingerprint density at radius 1 is 0.326 bits per heavy atom. The minimum absolute atomic E-state index is 0.00675. The Hall–Kier alpha value is -4.98. The van der Waals surface area contributed by atoms with E-state index in [1.54, 1.807) is 20.9 Å². The number of halogens is 2. The van der Waals surface area contributed by atoms with Crippen molar-refractivity contribution in [1.82, 2.24) is 0 Å². The van der Waals surface area contributed by atoms with Gasteiger partial charge in [0.2, 0.25) is 0 Å². The average Bonchev–Trinajstić information content (AvgIpc) is 1.53. The van der Waals surface area contributed by atoms with Crippen molar-refractivity contribution in [2.75, 3.05) is 13.2 Å². The van der Waals surface area contributed by atoms with Gasteiger partial charge in [-0.25, -0.2) is 0 Å². The van der Waals surface area contributed by atoms with E-state index < -0.39 is 3.67 Å². The zero-order chi connectivity index (χ0) is 100. The topological polar surface area (TPSA) is 124 Å². The number of hydrogen-bond acceptors (Lipinski definition) is 10. The molecular weight excluding hydrogens is 1940 g/mol.